The number of nitrogens with zero attached hydrogens (tertiary/aromatic N) is 2. The normalized spacial score (nSPS) is 16.2. The van der Waals surface area contributed by atoms with Gasteiger partial charge >= 0.3 is 12.2 Å². The molecule has 2 aromatic rings. The highest BCUT2D eigenvalue weighted by Crippen LogP contribution is 2.36. The van der Waals surface area contributed by atoms with Crippen LogP contribution in [0, 0.1) is 0 Å². The predicted octanol–water partition coefficient (Wildman–Crippen LogP) is 5.87. The van der Waals surface area contributed by atoms with Crippen molar-refractivity contribution in [3.63, 3.8) is 0 Å². The van der Waals surface area contributed by atoms with Crippen molar-refractivity contribution in [1.82, 2.24) is 4.90 Å². The molecule has 2 amide bonds. The molecule has 1 unspecified atom stereocenters. The Morgan fingerprint density at radius 3 is 2.55 bits per heavy atom. The van der Waals surface area contributed by atoms with Crippen LogP contribution in [-0.2, 0) is 10.5 Å². The van der Waals surface area contributed by atoms with Gasteiger partial charge in [-0.15, -0.1) is 11.8 Å². The van der Waals surface area contributed by atoms with E-state index in [9.17, 15) is 14.7 Å². The van der Waals surface area contributed by atoms with Crippen molar-refractivity contribution in [1.29, 1.82) is 0 Å². The number of carboxylic acid groups (broad SMARTS) is 1. The van der Waals surface area contributed by atoms with Gasteiger partial charge < -0.3 is 19.5 Å². The maximum atomic E-state index is 13.2. The highest BCUT2D eigenvalue weighted by molar-refractivity contribution is 7.98. The molecule has 0 radical (unpaired) electrons. The van der Waals surface area contributed by atoms with E-state index in [0.29, 0.717) is 30.8 Å². The third-order valence-electron chi connectivity index (χ3n) is 5.28. The maximum absolute atomic E-state index is 13.2. The van der Waals surface area contributed by atoms with E-state index in [1.54, 1.807) is 23.8 Å². The molecule has 0 aromatic heterocycles. The number of anilines is 1. The number of benzene rings is 2. The molecule has 0 bridgehead atoms. The average Bonchev–Trinajstić information content (AvgIpc) is 2.78. The maximum Gasteiger partial charge on any atom is 0.415 e. The lowest BCUT2D eigenvalue weighted by molar-refractivity contribution is 0.0541. The second kappa shape index (κ2) is 10.8. The third-order valence-corrected chi connectivity index (χ3v) is 6.41. The summed E-state index contributed by atoms with van der Waals surface area (Å²) in [6.45, 7) is 6.15. The van der Waals surface area contributed by atoms with Crippen molar-refractivity contribution in [2.24, 2.45) is 0 Å². The van der Waals surface area contributed by atoms with Crippen LogP contribution in [0.15, 0.2) is 53.4 Å². The van der Waals surface area contributed by atoms with Crippen LogP contribution in [0.1, 0.15) is 39.2 Å². The number of hydrogen-bond acceptors (Lipinski definition) is 5. The Morgan fingerprint density at radius 1 is 1.18 bits per heavy atom. The Balaban J connectivity index is 1.88. The molecule has 1 saturated heterocycles. The van der Waals surface area contributed by atoms with E-state index in [1.807, 2.05) is 57.2 Å². The molecular weight excluding hydrogens is 440 g/mol. The molecule has 2 aromatic carbocycles. The Morgan fingerprint density at radius 2 is 1.91 bits per heavy atom. The fourth-order valence-corrected chi connectivity index (χ4v) is 4.74. The van der Waals surface area contributed by atoms with Gasteiger partial charge in [-0.2, -0.15) is 0 Å². The van der Waals surface area contributed by atoms with Gasteiger partial charge in [0.05, 0.1) is 18.8 Å². The van der Waals surface area contributed by atoms with Crippen LogP contribution in [0.5, 0.6) is 5.75 Å². The minimum atomic E-state index is -0.978. The number of carbonyl (C=O) groups is 2. The fourth-order valence-electron chi connectivity index (χ4n) is 3.78. The topological polar surface area (TPSA) is 79.3 Å². The minimum Gasteiger partial charge on any atom is -0.496 e. The number of hydrogen-bond donors (Lipinski definition) is 1. The van der Waals surface area contributed by atoms with Crippen LogP contribution in [0.3, 0.4) is 0 Å². The molecule has 7 nitrogen and oxygen atoms in total. The van der Waals surface area contributed by atoms with Crippen LogP contribution in [-0.4, -0.2) is 54.0 Å². The van der Waals surface area contributed by atoms with Gasteiger partial charge in [0.25, 0.3) is 0 Å². The summed E-state index contributed by atoms with van der Waals surface area (Å²) >= 11 is 1.66. The molecule has 8 heteroatoms. The zero-order chi connectivity index (χ0) is 24.0. The van der Waals surface area contributed by atoms with Crippen molar-refractivity contribution in [3.8, 4) is 5.75 Å². The molecule has 1 N–H and O–H groups in total. The molecule has 1 aliphatic heterocycles. The second-order valence-corrected chi connectivity index (χ2v) is 10.0. The molecule has 33 heavy (non-hydrogen) atoms. The zero-order valence-electron chi connectivity index (χ0n) is 19.6. The Hall–Kier alpha value is -2.87. The first-order valence-electron chi connectivity index (χ1n) is 11.0. The number of rotatable bonds is 6. The van der Waals surface area contributed by atoms with Crippen LogP contribution >= 0.6 is 11.8 Å². The number of ether oxygens (including phenoxy) is 2. The number of methoxy groups -OCH3 is 1. The monoisotopic (exact) mass is 472 g/mol. The van der Waals surface area contributed by atoms with Crippen LogP contribution in [0.25, 0.3) is 0 Å². The van der Waals surface area contributed by atoms with E-state index < -0.39 is 17.8 Å². The number of carbonyl (C=O) groups excluding carboxylic acids is 1. The Kier molecular flexibility index (Phi) is 8.13. The molecule has 1 heterocycles. The predicted molar refractivity (Wildman–Crippen MR) is 130 cm³/mol. The largest absolute Gasteiger partial charge is 0.496 e. The fraction of sp³-hybridized carbons (Fsp3) is 0.440. The molecule has 0 aliphatic carbocycles. The Bertz CT molecular complexity index is 961. The van der Waals surface area contributed by atoms with Gasteiger partial charge in [0, 0.05) is 29.8 Å². The second-order valence-electron chi connectivity index (χ2n) is 8.98. The van der Waals surface area contributed by atoms with E-state index in [1.165, 1.54) is 10.5 Å². The van der Waals surface area contributed by atoms with Crippen molar-refractivity contribution >= 4 is 29.6 Å². The van der Waals surface area contributed by atoms with Gasteiger partial charge in [0.15, 0.2) is 0 Å². The highest BCUT2D eigenvalue weighted by atomic mass is 32.2. The summed E-state index contributed by atoms with van der Waals surface area (Å²) in [6, 6.07) is 15.5. The van der Waals surface area contributed by atoms with Crippen LogP contribution in [0.2, 0.25) is 0 Å². The first-order valence-corrected chi connectivity index (χ1v) is 12.0. The lowest BCUT2D eigenvalue weighted by Crippen LogP contribution is -2.52. The quantitative estimate of drug-likeness (QED) is 0.530. The zero-order valence-corrected chi connectivity index (χ0v) is 20.4. The lowest BCUT2D eigenvalue weighted by atomic mass is 10.0. The summed E-state index contributed by atoms with van der Waals surface area (Å²) < 4.78 is 11.3. The molecule has 178 valence electrons. The molecular formula is C25H32N2O5S. The summed E-state index contributed by atoms with van der Waals surface area (Å²) in [7, 11) is 1.61. The summed E-state index contributed by atoms with van der Waals surface area (Å²) in [5.41, 5.74) is 1.16. The van der Waals surface area contributed by atoms with Gasteiger partial charge in [0.2, 0.25) is 0 Å². The molecule has 1 atom stereocenters. The van der Waals surface area contributed by atoms with Gasteiger partial charge in [0.1, 0.15) is 11.4 Å². The molecule has 0 spiro atoms. The first-order chi connectivity index (χ1) is 15.7. The van der Waals surface area contributed by atoms with Crippen molar-refractivity contribution in [3.05, 3.63) is 54.1 Å². The van der Waals surface area contributed by atoms with Crippen molar-refractivity contribution in [2.75, 3.05) is 25.1 Å². The SMILES string of the molecule is COc1cc(N(C(=O)OC(C)(C)C)C2CCCN(C(=O)O)C2)ccc1SCc1ccccc1. The summed E-state index contributed by atoms with van der Waals surface area (Å²) in [5.74, 6) is 1.45. The molecule has 1 fully saturated rings. The van der Waals surface area contributed by atoms with Gasteiger partial charge in [-0.05, 0) is 51.3 Å². The number of thioether (sulfide) groups is 1. The van der Waals surface area contributed by atoms with E-state index in [2.05, 4.69) is 12.1 Å². The van der Waals surface area contributed by atoms with Crippen LogP contribution in [0.4, 0.5) is 15.3 Å². The first kappa shape index (κ1) is 24.8. The van der Waals surface area contributed by atoms with Crippen molar-refractivity contribution < 1.29 is 24.2 Å². The number of likely N-dealkylation sites (tertiary alicyclic amines) is 1. The van der Waals surface area contributed by atoms with E-state index in [0.717, 1.165) is 10.6 Å². The van der Waals surface area contributed by atoms with Gasteiger partial charge in [-0.3, -0.25) is 4.90 Å². The van der Waals surface area contributed by atoms with Crippen molar-refractivity contribution in [2.45, 2.75) is 55.9 Å². The Labute approximate surface area is 199 Å². The van der Waals surface area contributed by atoms with Gasteiger partial charge in [-0.1, -0.05) is 30.3 Å². The molecule has 3 rings (SSSR count). The average molecular weight is 473 g/mol. The van der Waals surface area contributed by atoms with Gasteiger partial charge in [-0.25, -0.2) is 9.59 Å². The molecule has 1 aliphatic rings. The summed E-state index contributed by atoms with van der Waals surface area (Å²) in [6.07, 6.45) is -0.102. The summed E-state index contributed by atoms with van der Waals surface area (Å²) in [4.78, 5) is 28.7. The van der Waals surface area contributed by atoms with E-state index >= 15 is 0 Å². The minimum absolute atomic E-state index is 0.238. The smallest absolute Gasteiger partial charge is 0.415 e. The summed E-state index contributed by atoms with van der Waals surface area (Å²) in [5, 5.41) is 9.47. The third kappa shape index (κ3) is 6.81. The number of piperidine rings is 1. The lowest BCUT2D eigenvalue weighted by Gasteiger charge is -2.39. The van der Waals surface area contributed by atoms with Crippen LogP contribution < -0.4 is 9.64 Å². The molecule has 0 saturated carbocycles. The van der Waals surface area contributed by atoms with E-state index in [4.69, 9.17) is 9.47 Å². The highest BCUT2D eigenvalue weighted by Gasteiger charge is 2.34. The standard InChI is InChI=1S/C25H32N2O5S/c1-25(2,3)32-24(30)27(20-11-8-14-26(16-20)23(28)29)19-12-13-22(21(15-19)31-4)33-17-18-9-6-5-7-10-18/h5-7,9-10,12-13,15,20H,8,11,14,16-17H2,1-4H3,(H,28,29). The number of amides is 2. The van der Waals surface area contributed by atoms with E-state index in [-0.39, 0.29) is 12.6 Å².